The van der Waals surface area contributed by atoms with Crippen LogP contribution in [0.15, 0.2) is 25.3 Å². The van der Waals surface area contributed by atoms with Crippen LogP contribution in [0, 0.1) is 0 Å². The molecule has 2 N–H and O–H groups in total. The van der Waals surface area contributed by atoms with E-state index in [1.165, 1.54) is 23.4 Å². The fraction of sp³-hybridized carbons (Fsp3) is 0.143. The van der Waals surface area contributed by atoms with Crippen molar-refractivity contribution in [3.63, 3.8) is 0 Å². The molecule has 1 rings (SSSR count). The first kappa shape index (κ1) is 9.90. The van der Waals surface area contributed by atoms with Gasteiger partial charge in [0.2, 0.25) is 0 Å². The Labute approximate surface area is 79.8 Å². The lowest BCUT2D eigenvalue weighted by Gasteiger charge is -2.03. The highest BCUT2D eigenvalue weighted by atomic mass is 16.2. The summed E-state index contributed by atoms with van der Waals surface area (Å²) in [7, 11) is 0. The average molecular weight is 195 g/mol. The van der Waals surface area contributed by atoms with Gasteiger partial charge in [-0.1, -0.05) is 6.08 Å². The number of carbonyl (C=O) groups excluding carboxylic acids is 2. The van der Waals surface area contributed by atoms with Crippen LogP contribution >= 0.6 is 0 Å². The summed E-state index contributed by atoms with van der Waals surface area (Å²) in [5.41, 5.74) is 2.24. The Morgan fingerprint density at radius 1 is 1.36 bits per heavy atom. The minimum atomic E-state index is -0.786. The Morgan fingerprint density at radius 2 is 2.00 bits per heavy atom. The molecule has 0 spiro atoms. The fourth-order valence-electron chi connectivity index (χ4n) is 0.672. The van der Waals surface area contributed by atoms with Crippen LogP contribution in [-0.2, 0) is 9.59 Å². The molecule has 0 aliphatic rings. The second-order valence-corrected chi connectivity index (χ2v) is 2.31. The Bertz CT molecular complexity index is 332. The third kappa shape index (κ3) is 2.70. The van der Waals surface area contributed by atoms with Crippen molar-refractivity contribution >= 4 is 11.8 Å². The first-order chi connectivity index (χ1) is 6.74. The second-order valence-electron chi connectivity index (χ2n) is 2.31. The first-order valence-electron chi connectivity index (χ1n) is 3.78. The van der Waals surface area contributed by atoms with Gasteiger partial charge in [0.25, 0.3) is 0 Å². The van der Waals surface area contributed by atoms with Gasteiger partial charge in [0.15, 0.2) is 0 Å². The van der Waals surface area contributed by atoms with Gasteiger partial charge in [0.1, 0.15) is 12.7 Å². The summed E-state index contributed by atoms with van der Waals surface area (Å²) in [5, 5.41) is 9.22. The predicted molar refractivity (Wildman–Crippen MR) is 47.6 cm³/mol. The maximum absolute atomic E-state index is 11.1. The number of nitrogens with one attached hydrogen (secondary N) is 2. The van der Waals surface area contributed by atoms with Crippen molar-refractivity contribution in [3.05, 3.63) is 25.3 Å². The van der Waals surface area contributed by atoms with Gasteiger partial charge < -0.3 is 5.32 Å². The highest BCUT2D eigenvalue weighted by Gasteiger charge is 2.11. The van der Waals surface area contributed by atoms with Gasteiger partial charge in [-0.2, -0.15) is 0 Å². The van der Waals surface area contributed by atoms with Crippen LogP contribution in [0.1, 0.15) is 0 Å². The topological polar surface area (TPSA) is 88.9 Å². The summed E-state index contributed by atoms with van der Waals surface area (Å²) in [6.45, 7) is 3.64. The molecule has 0 aromatic carbocycles. The van der Waals surface area contributed by atoms with E-state index in [1.54, 1.807) is 0 Å². The van der Waals surface area contributed by atoms with E-state index in [4.69, 9.17) is 0 Å². The number of carbonyl (C=O) groups is 2. The number of aromatic nitrogens is 3. The predicted octanol–water partition coefficient (Wildman–Crippen LogP) is -1.35. The van der Waals surface area contributed by atoms with E-state index in [0.29, 0.717) is 0 Å². The first-order valence-corrected chi connectivity index (χ1v) is 3.78. The van der Waals surface area contributed by atoms with Crippen LogP contribution in [-0.4, -0.2) is 33.2 Å². The van der Waals surface area contributed by atoms with Crippen LogP contribution in [0.2, 0.25) is 0 Å². The Morgan fingerprint density at radius 3 is 2.57 bits per heavy atom. The van der Waals surface area contributed by atoms with Gasteiger partial charge in [-0.25, -0.2) is 4.68 Å². The molecule has 0 atom stereocenters. The average Bonchev–Trinajstić information content (AvgIpc) is 2.66. The minimum Gasteiger partial charge on any atom is -0.344 e. The van der Waals surface area contributed by atoms with Gasteiger partial charge in [0.05, 0.1) is 0 Å². The number of rotatable bonds is 3. The summed E-state index contributed by atoms with van der Waals surface area (Å²) in [5.74, 6) is -1.52. The van der Waals surface area contributed by atoms with Crippen molar-refractivity contribution < 1.29 is 9.59 Å². The monoisotopic (exact) mass is 195 g/mol. The lowest BCUT2D eigenvalue weighted by molar-refractivity contribution is -0.136. The number of amides is 2. The van der Waals surface area contributed by atoms with Crippen molar-refractivity contribution in [1.82, 2.24) is 20.2 Å². The lowest BCUT2D eigenvalue weighted by Crippen LogP contribution is -2.38. The number of hydrogen-bond acceptors (Lipinski definition) is 4. The molecule has 7 nitrogen and oxygen atoms in total. The zero-order valence-electron chi connectivity index (χ0n) is 7.30. The van der Waals surface area contributed by atoms with Crippen molar-refractivity contribution in [2.45, 2.75) is 0 Å². The summed E-state index contributed by atoms with van der Waals surface area (Å²) in [4.78, 5) is 22.1. The summed E-state index contributed by atoms with van der Waals surface area (Å²) >= 11 is 0. The molecular formula is C7H9N5O2. The van der Waals surface area contributed by atoms with Crippen LogP contribution in [0.5, 0.6) is 0 Å². The molecule has 0 unspecified atom stereocenters. The van der Waals surface area contributed by atoms with Crippen LogP contribution in [0.3, 0.4) is 0 Å². The fourth-order valence-corrected chi connectivity index (χ4v) is 0.672. The second kappa shape index (κ2) is 4.75. The molecule has 14 heavy (non-hydrogen) atoms. The van der Waals surface area contributed by atoms with Crippen molar-refractivity contribution in [2.75, 3.05) is 12.0 Å². The molecule has 1 aromatic rings. The van der Waals surface area contributed by atoms with E-state index in [0.717, 1.165) is 0 Å². The largest absolute Gasteiger partial charge is 0.344 e. The third-order valence-corrected chi connectivity index (χ3v) is 1.26. The summed E-state index contributed by atoms with van der Waals surface area (Å²) < 4.78 is 1.18. The van der Waals surface area contributed by atoms with Gasteiger partial charge in [-0.05, 0) is 0 Å². The maximum atomic E-state index is 11.1. The SMILES string of the molecule is C=CCNC(=O)C(=O)Nn1cnnc1. The molecule has 1 aromatic heterocycles. The zero-order valence-corrected chi connectivity index (χ0v) is 7.30. The minimum absolute atomic E-state index is 0.244. The van der Waals surface area contributed by atoms with Gasteiger partial charge in [0, 0.05) is 6.54 Å². The molecule has 0 radical (unpaired) electrons. The Balaban J connectivity index is 2.42. The molecule has 2 amide bonds. The highest BCUT2D eigenvalue weighted by Crippen LogP contribution is 1.77. The summed E-state index contributed by atoms with van der Waals surface area (Å²) in [6.07, 6.45) is 4.00. The molecule has 74 valence electrons. The molecule has 0 saturated carbocycles. The molecular weight excluding hydrogens is 186 g/mol. The standard InChI is InChI=1S/C7H9N5O2/c1-2-3-8-6(13)7(14)11-12-4-9-10-5-12/h2,4-5H,1,3H2,(H,8,13)(H,11,14). The smallest absolute Gasteiger partial charge is 0.328 e. The molecule has 0 saturated heterocycles. The molecule has 0 fully saturated rings. The van der Waals surface area contributed by atoms with E-state index < -0.39 is 11.8 Å². The van der Waals surface area contributed by atoms with Gasteiger partial charge >= 0.3 is 11.8 Å². The van der Waals surface area contributed by atoms with Gasteiger partial charge in [-0.15, -0.1) is 16.8 Å². The van der Waals surface area contributed by atoms with Crippen molar-refractivity contribution in [2.24, 2.45) is 0 Å². The van der Waals surface area contributed by atoms with Crippen molar-refractivity contribution in [3.8, 4) is 0 Å². The Hall–Kier alpha value is -2.18. The Kier molecular flexibility index (Phi) is 3.36. The number of hydrogen-bond donors (Lipinski definition) is 2. The lowest BCUT2D eigenvalue weighted by atomic mass is 10.5. The van der Waals surface area contributed by atoms with Gasteiger partial charge in [-0.3, -0.25) is 15.0 Å². The molecule has 7 heteroatoms. The molecule has 1 heterocycles. The number of nitrogens with zero attached hydrogens (tertiary/aromatic N) is 3. The third-order valence-electron chi connectivity index (χ3n) is 1.26. The van der Waals surface area contributed by atoms with Crippen LogP contribution in [0.4, 0.5) is 0 Å². The normalized spacial score (nSPS) is 9.14. The quantitative estimate of drug-likeness (QED) is 0.461. The van der Waals surface area contributed by atoms with Crippen LogP contribution in [0.25, 0.3) is 0 Å². The maximum Gasteiger partial charge on any atom is 0.328 e. The van der Waals surface area contributed by atoms with E-state index in [1.807, 2.05) is 0 Å². The summed E-state index contributed by atoms with van der Waals surface area (Å²) in [6, 6.07) is 0. The van der Waals surface area contributed by atoms with E-state index >= 15 is 0 Å². The molecule has 0 aliphatic carbocycles. The van der Waals surface area contributed by atoms with E-state index in [-0.39, 0.29) is 6.54 Å². The van der Waals surface area contributed by atoms with E-state index in [9.17, 15) is 9.59 Å². The van der Waals surface area contributed by atoms with E-state index in [2.05, 4.69) is 27.5 Å². The molecule has 0 aliphatic heterocycles. The molecule has 0 bridgehead atoms. The van der Waals surface area contributed by atoms with Crippen molar-refractivity contribution in [1.29, 1.82) is 0 Å². The highest BCUT2D eigenvalue weighted by molar-refractivity contribution is 6.38. The zero-order chi connectivity index (χ0) is 10.4. The van der Waals surface area contributed by atoms with Crippen LogP contribution < -0.4 is 10.7 Å².